The minimum Gasteiger partial charge on any atom is -0.337 e. The lowest BCUT2D eigenvalue weighted by atomic mass is 9.91. The average Bonchev–Trinajstić information content (AvgIpc) is 2.60. The third-order valence-corrected chi connectivity index (χ3v) is 5.60. The molecule has 142 valence electrons. The summed E-state index contributed by atoms with van der Waals surface area (Å²) < 4.78 is 0. The molecule has 1 amide bonds. The first-order valence-electron chi connectivity index (χ1n) is 8.91. The molecule has 25 heavy (non-hydrogen) atoms. The Morgan fingerprint density at radius 1 is 1.24 bits per heavy atom. The Balaban J connectivity index is 0.00000156. The van der Waals surface area contributed by atoms with Crippen molar-refractivity contribution >= 4 is 30.7 Å². The molecule has 0 aliphatic carbocycles. The lowest BCUT2D eigenvalue weighted by Crippen LogP contribution is -2.55. The van der Waals surface area contributed by atoms with Crippen molar-refractivity contribution in [2.75, 3.05) is 19.6 Å². The van der Waals surface area contributed by atoms with Gasteiger partial charge in [0.1, 0.15) is 0 Å². The first kappa shape index (κ1) is 22.2. The number of piperidine rings is 1. The second-order valence-electron chi connectivity index (χ2n) is 7.22. The molecule has 4 nitrogen and oxygen atoms in total. The van der Waals surface area contributed by atoms with E-state index in [0.29, 0.717) is 12.5 Å². The summed E-state index contributed by atoms with van der Waals surface area (Å²) in [7, 11) is 0. The van der Waals surface area contributed by atoms with Gasteiger partial charge in [-0.05, 0) is 43.2 Å². The van der Waals surface area contributed by atoms with Gasteiger partial charge in [-0.1, -0.05) is 31.2 Å². The van der Waals surface area contributed by atoms with Crippen LogP contribution in [0.25, 0.3) is 0 Å². The number of hydrogen-bond donors (Lipinski definition) is 1. The van der Waals surface area contributed by atoms with E-state index in [-0.39, 0.29) is 42.8 Å². The van der Waals surface area contributed by atoms with E-state index in [0.717, 1.165) is 38.9 Å². The molecule has 0 radical (unpaired) electrons. The Bertz CT molecular complexity index is 569. The topological polar surface area (TPSA) is 49.6 Å². The van der Waals surface area contributed by atoms with Crippen LogP contribution in [0.1, 0.15) is 37.8 Å². The van der Waals surface area contributed by atoms with Crippen molar-refractivity contribution in [3.8, 4) is 0 Å². The fourth-order valence-electron chi connectivity index (χ4n) is 4.01. The van der Waals surface area contributed by atoms with Gasteiger partial charge in [0.15, 0.2) is 0 Å². The predicted octanol–water partition coefficient (Wildman–Crippen LogP) is 2.86. The molecule has 3 atom stereocenters. The van der Waals surface area contributed by atoms with Gasteiger partial charge in [0.25, 0.3) is 0 Å². The number of carbonyl (C=O) groups excluding carboxylic acids is 1. The number of hydrogen-bond acceptors (Lipinski definition) is 3. The standard InChI is InChI=1S/C19H29N3O.2ClH/c1-14-7-10-22(18(11-14)12-20)19(23)15(2)21-9-8-16-5-3-4-6-17(16)13-21;;/h3-6,14-15,18H,7-13,20H2,1-2H3;2*1H. The number of likely N-dealkylation sites (tertiary alicyclic amines) is 1. The molecule has 0 saturated carbocycles. The quantitative estimate of drug-likeness (QED) is 0.866. The number of amides is 1. The Morgan fingerprint density at radius 2 is 1.92 bits per heavy atom. The number of halogens is 2. The van der Waals surface area contributed by atoms with Crippen LogP contribution in [-0.2, 0) is 17.8 Å². The maximum Gasteiger partial charge on any atom is 0.239 e. The highest BCUT2D eigenvalue weighted by Gasteiger charge is 2.34. The summed E-state index contributed by atoms with van der Waals surface area (Å²) in [5.74, 6) is 0.927. The van der Waals surface area contributed by atoms with Crippen LogP contribution in [0.2, 0.25) is 0 Å². The van der Waals surface area contributed by atoms with E-state index in [2.05, 4.69) is 43.0 Å². The minimum absolute atomic E-state index is 0. The van der Waals surface area contributed by atoms with Crippen molar-refractivity contribution in [2.45, 2.75) is 51.7 Å². The van der Waals surface area contributed by atoms with Crippen LogP contribution in [0.15, 0.2) is 24.3 Å². The monoisotopic (exact) mass is 387 g/mol. The summed E-state index contributed by atoms with van der Waals surface area (Å²) in [5, 5.41) is 0. The average molecular weight is 388 g/mol. The predicted molar refractivity (Wildman–Crippen MR) is 107 cm³/mol. The zero-order chi connectivity index (χ0) is 16.4. The molecule has 0 bridgehead atoms. The first-order valence-corrected chi connectivity index (χ1v) is 8.91. The highest BCUT2D eigenvalue weighted by molar-refractivity contribution is 5.85. The van der Waals surface area contributed by atoms with Gasteiger partial charge in [0.2, 0.25) is 5.91 Å². The van der Waals surface area contributed by atoms with Crippen LogP contribution in [0, 0.1) is 5.92 Å². The molecule has 0 aromatic heterocycles. The summed E-state index contributed by atoms with van der Waals surface area (Å²) >= 11 is 0. The van der Waals surface area contributed by atoms with Crippen molar-refractivity contribution in [1.82, 2.24) is 9.80 Å². The molecule has 2 aliphatic heterocycles. The largest absolute Gasteiger partial charge is 0.337 e. The number of rotatable bonds is 3. The highest BCUT2D eigenvalue weighted by atomic mass is 35.5. The van der Waals surface area contributed by atoms with Crippen LogP contribution in [-0.4, -0.2) is 47.4 Å². The molecule has 2 N–H and O–H groups in total. The van der Waals surface area contributed by atoms with Gasteiger partial charge in [-0.3, -0.25) is 9.69 Å². The second kappa shape index (κ2) is 9.77. The number of fused-ring (bicyclic) bond motifs is 1. The molecule has 1 aromatic carbocycles. The molecule has 3 rings (SSSR count). The highest BCUT2D eigenvalue weighted by Crippen LogP contribution is 2.25. The molecule has 1 fully saturated rings. The maximum atomic E-state index is 13.0. The summed E-state index contributed by atoms with van der Waals surface area (Å²) in [5.41, 5.74) is 8.72. The third kappa shape index (κ3) is 4.88. The lowest BCUT2D eigenvalue weighted by molar-refractivity contribution is -0.141. The maximum absolute atomic E-state index is 13.0. The van der Waals surface area contributed by atoms with Gasteiger partial charge in [-0.25, -0.2) is 0 Å². The Kier molecular flexibility index (Phi) is 8.69. The molecule has 3 unspecified atom stereocenters. The summed E-state index contributed by atoms with van der Waals surface area (Å²) in [4.78, 5) is 17.4. The van der Waals surface area contributed by atoms with Crippen molar-refractivity contribution in [3.63, 3.8) is 0 Å². The van der Waals surface area contributed by atoms with Gasteiger partial charge >= 0.3 is 0 Å². The van der Waals surface area contributed by atoms with Gasteiger partial charge in [-0.15, -0.1) is 24.8 Å². The molecule has 1 aromatic rings. The van der Waals surface area contributed by atoms with Crippen LogP contribution >= 0.6 is 24.8 Å². The Morgan fingerprint density at radius 3 is 2.60 bits per heavy atom. The smallest absolute Gasteiger partial charge is 0.239 e. The summed E-state index contributed by atoms with van der Waals surface area (Å²) in [6.45, 7) is 7.59. The number of nitrogens with zero attached hydrogens (tertiary/aromatic N) is 2. The zero-order valence-corrected chi connectivity index (χ0v) is 16.8. The molecule has 2 heterocycles. The van der Waals surface area contributed by atoms with Crippen LogP contribution in [0.5, 0.6) is 0 Å². The van der Waals surface area contributed by atoms with Gasteiger partial charge in [0, 0.05) is 32.2 Å². The SMILES string of the molecule is CC1CCN(C(=O)C(C)N2CCc3ccccc3C2)C(CN)C1.Cl.Cl. The Hall–Kier alpha value is -0.810. The fraction of sp³-hybridized carbons (Fsp3) is 0.632. The van der Waals surface area contributed by atoms with Gasteiger partial charge in [0.05, 0.1) is 6.04 Å². The first-order chi connectivity index (χ1) is 11.1. The van der Waals surface area contributed by atoms with Crippen molar-refractivity contribution in [1.29, 1.82) is 0 Å². The molecule has 0 spiro atoms. The number of carbonyl (C=O) groups is 1. The normalized spacial score (nSPS) is 24.5. The van der Waals surface area contributed by atoms with Gasteiger partial charge in [-0.2, -0.15) is 0 Å². The van der Waals surface area contributed by atoms with Crippen LogP contribution < -0.4 is 5.73 Å². The minimum atomic E-state index is -0.0641. The van der Waals surface area contributed by atoms with Crippen molar-refractivity contribution in [2.24, 2.45) is 11.7 Å². The lowest BCUT2D eigenvalue weighted by Gasteiger charge is -2.42. The molecular formula is C19H31Cl2N3O. The van der Waals surface area contributed by atoms with E-state index in [4.69, 9.17) is 5.73 Å². The number of benzene rings is 1. The van der Waals surface area contributed by atoms with Crippen LogP contribution in [0.4, 0.5) is 0 Å². The van der Waals surface area contributed by atoms with E-state index in [9.17, 15) is 4.79 Å². The third-order valence-electron chi connectivity index (χ3n) is 5.60. The Labute approximate surface area is 163 Å². The van der Waals surface area contributed by atoms with Crippen molar-refractivity contribution < 1.29 is 4.79 Å². The molecular weight excluding hydrogens is 357 g/mol. The van der Waals surface area contributed by atoms with E-state index >= 15 is 0 Å². The van der Waals surface area contributed by atoms with E-state index in [1.54, 1.807) is 0 Å². The van der Waals surface area contributed by atoms with E-state index in [1.807, 2.05) is 4.90 Å². The second-order valence-corrected chi connectivity index (χ2v) is 7.22. The summed E-state index contributed by atoms with van der Waals surface area (Å²) in [6, 6.07) is 8.73. The fourth-order valence-corrected chi connectivity index (χ4v) is 4.01. The zero-order valence-electron chi connectivity index (χ0n) is 15.2. The molecule has 6 heteroatoms. The van der Waals surface area contributed by atoms with E-state index < -0.39 is 0 Å². The number of nitrogens with two attached hydrogens (primary N) is 1. The molecule has 1 saturated heterocycles. The molecule has 2 aliphatic rings. The van der Waals surface area contributed by atoms with E-state index in [1.165, 1.54) is 11.1 Å². The van der Waals surface area contributed by atoms with Crippen molar-refractivity contribution in [3.05, 3.63) is 35.4 Å². The van der Waals surface area contributed by atoms with Gasteiger partial charge < -0.3 is 10.6 Å². The van der Waals surface area contributed by atoms with Crippen LogP contribution in [0.3, 0.4) is 0 Å². The summed E-state index contributed by atoms with van der Waals surface area (Å²) in [6.07, 6.45) is 3.17.